The number of nitrogens with one attached hydrogen (secondary N) is 1. The smallest absolute Gasteiger partial charge is 0.181 e. The standard InChI is InChI=1S/C29H30F2N6O/c1-29(2,38)15-18-6-9-22(24(31)13-18)26-25(19-7-8-20(16-32)23(30)14-19)35-28-27(34-10-12-37(26)28)36-11-4-5-21(17-36)33-3/h6-10,12-14,21,33,38H,4-5,11,15,17H2,1-3H3/t21-/m1/s1. The number of aliphatic hydroxyl groups is 1. The molecule has 2 aromatic carbocycles. The Hall–Kier alpha value is -3.87. The summed E-state index contributed by atoms with van der Waals surface area (Å²) in [6.07, 6.45) is 5.75. The van der Waals surface area contributed by atoms with E-state index in [0.29, 0.717) is 52.0 Å². The molecule has 2 aromatic heterocycles. The number of halogens is 2. The van der Waals surface area contributed by atoms with Crippen LogP contribution in [0.3, 0.4) is 0 Å². The molecule has 0 spiro atoms. The Morgan fingerprint density at radius 3 is 2.68 bits per heavy atom. The first-order valence-electron chi connectivity index (χ1n) is 12.7. The first-order valence-corrected chi connectivity index (χ1v) is 12.7. The van der Waals surface area contributed by atoms with Crippen LogP contribution in [0, 0.1) is 23.0 Å². The number of piperidine rings is 1. The van der Waals surface area contributed by atoms with Crippen LogP contribution >= 0.6 is 0 Å². The predicted octanol–water partition coefficient (Wildman–Crippen LogP) is 4.71. The molecule has 0 aliphatic carbocycles. The number of rotatable bonds is 6. The van der Waals surface area contributed by atoms with Gasteiger partial charge < -0.3 is 15.3 Å². The van der Waals surface area contributed by atoms with Gasteiger partial charge in [0.25, 0.3) is 0 Å². The van der Waals surface area contributed by atoms with Gasteiger partial charge >= 0.3 is 0 Å². The lowest BCUT2D eigenvalue weighted by atomic mass is 9.96. The minimum absolute atomic E-state index is 0.0741. The third-order valence-electron chi connectivity index (χ3n) is 6.94. The Morgan fingerprint density at radius 2 is 2.00 bits per heavy atom. The molecule has 2 N–H and O–H groups in total. The summed E-state index contributed by atoms with van der Waals surface area (Å²) in [5.74, 6) is -0.469. The van der Waals surface area contributed by atoms with Crippen LogP contribution in [-0.4, -0.2) is 51.3 Å². The molecule has 1 fully saturated rings. The van der Waals surface area contributed by atoms with Crippen molar-refractivity contribution < 1.29 is 13.9 Å². The van der Waals surface area contributed by atoms with E-state index < -0.39 is 17.2 Å². The first kappa shape index (κ1) is 25.8. The van der Waals surface area contributed by atoms with Crippen molar-refractivity contribution in [3.63, 3.8) is 0 Å². The van der Waals surface area contributed by atoms with E-state index in [4.69, 9.17) is 4.98 Å². The number of benzene rings is 2. The van der Waals surface area contributed by atoms with E-state index in [1.807, 2.05) is 13.1 Å². The van der Waals surface area contributed by atoms with Gasteiger partial charge in [-0.3, -0.25) is 4.40 Å². The summed E-state index contributed by atoms with van der Waals surface area (Å²) >= 11 is 0. The molecular weight excluding hydrogens is 486 g/mol. The monoisotopic (exact) mass is 516 g/mol. The molecule has 0 saturated carbocycles. The predicted molar refractivity (Wildman–Crippen MR) is 143 cm³/mol. The minimum Gasteiger partial charge on any atom is -0.390 e. The van der Waals surface area contributed by atoms with Crippen LogP contribution in [0.4, 0.5) is 14.6 Å². The lowest BCUT2D eigenvalue weighted by Crippen LogP contribution is -2.44. The van der Waals surface area contributed by atoms with E-state index in [9.17, 15) is 14.8 Å². The molecule has 3 heterocycles. The van der Waals surface area contributed by atoms with E-state index in [1.165, 1.54) is 18.2 Å². The molecule has 38 heavy (non-hydrogen) atoms. The van der Waals surface area contributed by atoms with Gasteiger partial charge in [0.15, 0.2) is 11.5 Å². The Bertz CT molecular complexity index is 1530. The normalized spacial score (nSPS) is 16.1. The molecular formula is C29H30F2N6O. The highest BCUT2D eigenvalue weighted by atomic mass is 19.1. The number of nitrogens with zero attached hydrogens (tertiary/aromatic N) is 5. The molecule has 4 aromatic rings. The number of anilines is 1. The van der Waals surface area contributed by atoms with E-state index in [0.717, 1.165) is 25.9 Å². The second-order valence-electron chi connectivity index (χ2n) is 10.4. The van der Waals surface area contributed by atoms with Gasteiger partial charge in [-0.1, -0.05) is 12.1 Å². The van der Waals surface area contributed by atoms with E-state index >= 15 is 4.39 Å². The van der Waals surface area contributed by atoms with Crippen LogP contribution in [0.2, 0.25) is 0 Å². The average molecular weight is 517 g/mol. The molecule has 5 rings (SSSR count). The highest BCUT2D eigenvalue weighted by Crippen LogP contribution is 2.37. The Balaban J connectivity index is 1.72. The van der Waals surface area contributed by atoms with E-state index in [2.05, 4.69) is 15.2 Å². The summed E-state index contributed by atoms with van der Waals surface area (Å²) in [6, 6.07) is 11.3. The molecule has 1 aliphatic rings. The van der Waals surface area contributed by atoms with Gasteiger partial charge in [-0.25, -0.2) is 18.7 Å². The van der Waals surface area contributed by atoms with Gasteiger partial charge in [0.1, 0.15) is 17.7 Å². The molecule has 0 radical (unpaired) electrons. The fraction of sp³-hybridized carbons (Fsp3) is 0.345. The number of hydrogen-bond acceptors (Lipinski definition) is 6. The summed E-state index contributed by atoms with van der Waals surface area (Å²) in [5, 5.41) is 22.7. The van der Waals surface area contributed by atoms with Gasteiger partial charge in [0, 0.05) is 49.1 Å². The Labute approximate surface area is 220 Å². The molecule has 1 atom stereocenters. The molecule has 1 saturated heterocycles. The van der Waals surface area contributed by atoms with Crippen molar-refractivity contribution in [1.82, 2.24) is 19.7 Å². The van der Waals surface area contributed by atoms with Crippen molar-refractivity contribution in [3.05, 3.63) is 71.6 Å². The largest absolute Gasteiger partial charge is 0.390 e. The second-order valence-corrected chi connectivity index (χ2v) is 10.4. The zero-order valence-electron chi connectivity index (χ0n) is 21.7. The molecule has 9 heteroatoms. The molecule has 1 aliphatic heterocycles. The Morgan fingerprint density at radius 1 is 1.18 bits per heavy atom. The van der Waals surface area contributed by atoms with E-state index in [-0.39, 0.29) is 5.56 Å². The van der Waals surface area contributed by atoms with Crippen LogP contribution in [0.15, 0.2) is 48.8 Å². The average Bonchev–Trinajstić information content (AvgIpc) is 3.27. The molecule has 196 valence electrons. The van der Waals surface area contributed by atoms with E-state index in [1.54, 1.807) is 48.8 Å². The third-order valence-corrected chi connectivity index (χ3v) is 6.94. The molecule has 0 unspecified atom stereocenters. The molecule has 0 bridgehead atoms. The van der Waals surface area contributed by atoms with Crippen molar-refractivity contribution in [2.24, 2.45) is 0 Å². The topological polar surface area (TPSA) is 89.5 Å². The zero-order chi connectivity index (χ0) is 27.0. The van der Waals surface area contributed by atoms with Crippen molar-refractivity contribution in [2.75, 3.05) is 25.0 Å². The fourth-order valence-electron chi connectivity index (χ4n) is 5.16. The maximum atomic E-state index is 15.7. The van der Waals surface area contributed by atoms with Crippen LogP contribution in [0.25, 0.3) is 28.2 Å². The number of nitriles is 1. The van der Waals surface area contributed by atoms with Crippen LogP contribution in [0.1, 0.15) is 37.8 Å². The van der Waals surface area contributed by atoms with Gasteiger partial charge in [0.05, 0.1) is 22.6 Å². The van der Waals surface area contributed by atoms with Gasteiger partial charge in [0.2, 0.25) is 0 Å². The zero-order valence-corrected chi connectivity index (χ0v) is 21.7. The van der Waals surface area contributed by atoms with Gasteiger partial charge in [-0.05, 0) is 63.6 Å². The summed E-state index contributed by atoms with van der Waals surface area (Å²) in [7, 11) is 1.94. The molecule has 0 amide bonds. The maximum absolute atomic E-state index is 15.7. The second kappa shape index (κ2) is 10.1. The quantitative estimate of drug-likeness (QED) is 0.386. The lowest BCUT2D eigenvalue weighted by Gasteiger charge is -2.33. The SMILES string of the molecule is CN[C@@H]1CCCN(c2nccn3c(-c4ccc(CC(C)(C)O)cc4F)c(-c4ccc(C#N)c(F)c4)nc23)C1. The van der Waals surface area contributed by atoms with Crippen molar-refractivity contribution in [2.45, 2.75) is 44.8 Å². The van der Waals surface area contributed by atoms with Crippen LogP contribution < -0.4 is 10.2 Å². The number of aromatic nitrogens is 3. The number of hydrogen-bond donors (Lipinski definition) is 2. The van der Waals surface area contributed by atoms with Crippen molar-refractivity contribution in [1.29, 1.82) is 5.26 Å². The first-order chi connectivity index (χ1) is 18.2. The number of likely N-dealkylation sites (N-methyl/N-ethyl adjacent to an activating group) is 1. The minimum atomic E-state index is -0.983. The Kier molecular flexibility index (Phi) is 6.86. The van der Waals surface area contributed by atoms with Crippen molar-refractivity contribution in [3.8, 4) is 28.6 Å². The summed E-state index contributed by atoms with van der Waals surface area (Å²) < 4.78 is 32.2. The number of imidazole rings is 1. The van der Waals surface area contributed by atoms with Crippen LogP contribution in [-0.2, 0) is 6.42 Å². The van der Waals surface area contributed by atoms with Gasteiger partial charge in [-0.2, -0.15) is 5.26 Å². The summed E-state index contributed by atoms with van der Waals surface area (Å²) in [4.78, 5) is 11.7. The van der Waals surface area contributed by atoms with Crippen LogP contribution in [0.5, 0.6) is 0 Å². The summed E-state index contributed by atoms with van der Waals surface area (Å²) in [6.45, 7) is 4.92. The number of fused-ring (bicyclic) bond motifs is 1. The highest BCUT2D eigenvalue weighted by Gasteiger charge is 2.26. The highest BCUT2D eigenvalue weighted by molar-refractivity contribution is 5.85. The third kappa shape index (κ3) is 4.97. The lowest BCUT2D eigenvalue weighted by molar-refractivity contribution is 0.0809. The van der Waals surface area contributed by atoms with Crippen molar-refractivity contribution >= 4 is 11.5 Å². The maximum Gasteiger partial charge on any atom is 0.181 e. The molecule has 7 nitrogen and oxygen atoms in total. The van der Waals surface area contributed by atoms with Gasteiger partial charge in [-0.15, -0.1) is 0 Å². The fourth-order valence-corrected chi connectivity index (χ4v) is 5.16. The summed E-state index contributed by atoms with van der Waals surface area (Å²) in [5.41, 5.74) is 1.71.